The number of hydrogen-bond acceptors (Lipinski definition) is 5. The Balaban J connectivity index is 2.10. The normalized spacial score (nSPS) is 22.5. The molecule has 0 aliphatic carbocycles. The molecule has 2 aliphatic heterocycles. The van der Waals surface area contributed by atoms with E-state index in [1.54, 1.807) is 6.92 Å². The summed E-state index contributed by atoms with van der Waals surface area (Å²) in [6, 6.07) is 2.91. The Kier molecular flexibility index (Phi) is 5.58. The molecule has 8 heteroatoms. The predicted octanol–water partition coefficient (Wildman–Crippen LogP) is 3.61. The molecule has 0 aromatic heterocycles. The first-order chi connectivity index (χ1) is 12.7. The lowest BCUT2D eigenvalue weighted by Gasteiger charge is -2.36. The average molecular weight is 395 g/mol. The molecule has 3 N–H and O–H groups in total. The molecule has 2 fully saturated rings. The first-order valence-corrected chi connectivity index (χ1v) is 9.73. The van der Waals surface area contributed by atoms with E-state index in [0.717, 1.165) is 50.3 Å². The molecule has 2 amide bonds. The Hall–Kier alpha value is -1.93. The lowest BCUT2D eigenvalue weighted by atomic mass is 9.94. The first-order valence-electron chi connectivity index (χ1n) is 8.92. The number of nitrogens with two attached hydrogens (primary N) is 1. The summed E-state index contributed by atoms with van der Waals surface area (Å²) in [6.45, 7) is 4.76. The van der Waals surface area contributed by atoms with Crippen LogP contribution in [0.4, 0.5) is 19.3 Å². The predicted molar refractivity (Wildman–Crippen MR) is 104 cm³/mol. The van der Waals surface area contributed by atoms with Crippen LogP contribution in [0.1, 0.15) is 36.5 Å². The van der Waals surface area contributed by atoms with E-state index in [1.165, 1.54) is 18.2 Å². The third kappa shape index (κ3) is 4.32. The van der Waals surface area contributed by atoms with Gasteiger partial charge in [0.1, 0.15) is 0 Å². The van der Waals surface area contributed by atoms with E-state index in [4.69, 9.17) is 5.73 Å². The molecule has 146 valence electrons. The fourth-order valence-electron chi connectivity index (χ4n) is 3.63. The van der Waals surface area contributed by atoms with Crippen LogP contribution in [0.5, 0.6) is 0 Å². The fourth-order valence-corrected chi connectivity index (χ4v) is 4.30. The van der Waals surface area contributed by atoms with Gasteiger partial charge >= 0.3 is 0 Å². The van der Waals surface area contributed by atoms with Crippen LogP contribution in [0.2, 0.25) is 0 Å². The third-order valence-electron chi connectivity index (χ3n) is 4.93. The molecule has 0 bridgehead atoms. The van der Waals surface area contributed by atoms with Crippen LogP contribution >= 0.6 is 11.8 Å². The maximum Gasteiger partial charge on any atom is 0.290 e. The van der Waals surface area contributed by atoms with Gasteiger partial charge in [-0.1, -0.05) is 0 Å². The molecular weight excluding hydrogens is 372 g/mol. The van der Waals surface area contributed by atoms with E-state index in [-0.39, 0.29) is 10.5 Å². The maximum atomic E-state index is 14.0. The summed E-state index contributed by atoms with van der Waals surface area (Å²) in [4.78, 5) is 25.8. The van der Waals surface area contributed by atoms with Crippen molar-refractivity contribution in [3.8, 4) is 0 Å². The number of carbonyl (C=O) groups is 2. The number of alkyl halides is 2. The third-order valence-corrected chi connectivity index (χ3v) is 5.74. The number of piperidine rings is 1. The SMILES string of the molecule is Cc1cc(C(C)(F)F)cc(/C=C2\SC(=O)NC2=O)c1N1CCCC(CN)C1. The number of rotatable bonds is 4. The van der Waals surface area contributed by atoms with Gasteiger partial charge in [-0.15, -0.1) is 0 Å². The molecule has 0 saturated carbocycles. The number of halogens is 2. The van der Waals surface area contributed by atoms with Crippen LogP contribution in [0, 0.1) is 12.8 Å². The maximum absolute atomic E-state index is 14.0. The minimum Gasteiger partial charge on any atom is -0.371 e. The highest BCUT2D eigenvalue weighted by Crippen LogP contribution is 2.38. The summed E-state index contributed by atoms with van der Waals surface area (Å²) in [5, 5.41) is 1.74. The number of carbonyl (C=O) groups excluding carboxylic acids is 2. The number of benzene rings is 1. The van der Waals surface area contributed by atoms with Gasteiger partial charge in [0.2, 0.25) is 0 Å². The van der Waals surface area contributed by atoms with Crippen molar-refractivity contribution in [2.45, 2.75) is 32.6 Å². The van der Waals surface area contributed by atoms with Gasteiger partial charge in [0, 0.05) is 31.3 Å². The molecular formula is C19H23F2N3O2S. The zero-order chi connectivity index (χ0) is 19.8. The molecule has 1 unspecified atom stereocenters. The molecule has 1 atom stereocenters. The first kappa shape index (κ1) is 19.8. The summed E-state index contributed by atoms with van der Waals surface area (Å²) in [5.74, 6) is -3.16. The minimum absolute atomic E-state index is 0.113. The number of thioether (sulfide) groups is 1. The van der Waals surface area contributed by atoms with Crippen LogP contribution in [0.15, 0.2) is 17.0 Å². The lowest BCUT2D eigenvalue weighted by Crippen LogP contribution is -2.39. The van der Waals surface area contributed by atoms with Gasteiger partial charge in [-0.2, -0.15) is 0 Å². The van der Waals surface area contributed by atoms with E-state index in [0.29, 0.717) is 23.6 Å². The summed E-state index contributed by atoms with van der Waals surface area (Å²) < 4.78 is 27.9. The molecule has 1 aromatic rings. The average Bonchev–Trinajstić information content (AvgIpc) is 2.91. The van der Waals surface area contributed by atoms with Crippen LogP contribution in [0.25, 0.3) is 6.08 Å². The Morgan fingerprint density at radius 2 is 2.15 bits per heavy atom. The quantitative estimate of drug-likeness (QED) is 0.762. The van der Waals surface area contributed by atoms with Crippen molar-refractivity contribution in [1.29, 1.82) is 0 Å². The molecule has 5 nitrogen and oxygen atoms in total. The zero-order valence-electron chi connectivity index (χ0n) is 15.4. The summed E-state index contributed by atoms with van der Waals surface area (Å²) in [7, 11) is 0. The highest BCUT2D eigenvalue weighted by molar-refractivity contribution is 8.18. The topological polar surface area (TPSA) is 75.4 Å². The second kappa shape index (κ2) is 7.59. The number of nitrogens with zero attached hydrogens (tertiary/aromatic N) is 1. The highest BCUT2D eigenvalue weighted by Gasteiger charge is 2.30. The van der Waals surface area contributed by atoms with Crippen LogP contribution in [-0.4, -0.2) is 30.8 Å². The van der Waals surface area contributed by atoms with Crippen molar-refractivity contribution in [1.82, 2.24) is 5.32 Å². The van der Waals surface area contributed by atoms with Gasteiger partial charge in [0.05, 0.1) is 4.91 Å². The van der Waals surface area contributed by atoms with Crippen LogP contribution in [-0.2, 0) is 10.7 Å². The van der Waals surface area contributed by atoms with E-state index >= 15 is 0 Å². The van der Waals surface area contributed by atoms with Gasteiger partial charge < -0.3 is 10.6 Å². The van der Waals surface area contributed by atoms with E-state index in [1.807, 2.05) is 0 Å². The van der Waals surface area contributed by atoms with Crippen molar-refractivity contribution in [3.63, 3.8) is 0 Å². The van der Waals surface area contributed by atoms with Gasteiger partial charge in [0.25, 0.3) is 17.1 Å². The minimum atomic E-state index is -3.00. The Morgan fingerprint density at radius 3 is 2.74 bits per heavy atom. The van der Waals surface area contributed by atoms with Crippen molar-refractivity contribution < 1.29 is 18.4 Å². The van der Waals surface area contributed by atoms with Crippen molar-refractivity contribution in [2.75, 3.05) is 24.5 Å². The van der Waals surface area contributed by atoms with Crippen LogP contribution in [0.3, 0.4) is 0 Å². The second-order valence-electron chi connectivity index (χ2n) is 7.16. The van der Waals surface area contributed by atoms with Crippen LogP contribution < -0.4 is 16.0 Å². The summed E-state index contributed by atoms with van der Waals surface area (Å²) in [5.41, 5.74) is 7.78. The van der Waals surface area contributed by atoms with Gasteiger partial charge in [-0.25, -0.2) is 8.78 Å². The molecule has 27 heavy (non-hydrogen) atoms. The van der Waals surface area contributed by atoms with E-state index < -0.39 is 17.1 Å². The second-order valence-corrected chi connectivity index (χ2v) is 8.18. The Morgan fingerprint density at radius 1 is 1.41 bits per heavy atom. The molecule has 2 aliphatic rings. The molecule has 0 radical (unpaired) electrons. The Labute approximate surface area is 161 Å². The number of nitrogens with one attached hydrogen (secondary N) is 1. The van der Waals surface area contributed by atoms with Gasteiger partial charge in [-0.05, 0) is 73.3 Å². The molecule has 0 spiro atoms. The number of amides is 2. The zero-order valence-corrected chi connectivity index (χ0v) is 16.2. The smallest absolute Gasteiger partial charge is 0.290 e. The molecule has 2 saturated heterocycles. The van der Waals surface area contributed by atoms with Gasteiger partial charge in [-0.3, -0.25) is 14.9 Å². The highest BCUT2D eigenvalue weighted by atomic mass is 32.2. The largest absolute Gasteiger partial charge is 0.371 e. The number of imide groups is 1. The van der Waals surface area contributed by atoms with Gasteiger partial charge in [0.15, 0.2) is 0 Å². The Bertz CT molecular complexity index is 805. The molecule has 3 rings (SSSR count). The summed E-state index contributed by atoms with van der Waals surface area (Å²) >= 11 is 0.784. The lowest BCUT2D eigenvalue weighted by molar-refractivity contribution is -0.115. The van der Waals surface area contributed by atoms with E-state index in [2.05, 4.69) is 10.2 Å². The standard InChI is InChI=1S/C19H23F2N3O2S/c1-11-6-14(19(2,20)21)7-13(8-15-17(25)23-18(26)27-15)16(11)24-5-3-4-12(9-22)10-24/h6-8,12H,3-5,9-10,22H2,1-2H3,(H,23,25,26)/b15-8-. The fraction of sp³-hybridized carbons (Fsp3) is 0.474. The summed E-state index contributed by atoms with van der Waals surface area (Å²) in [6.07, 6.45) is 3.55. The van der Waals surface area contributed by atoms with E-state index in [9.17, 15) is 18.4 Å². The number of anilines is 1. The van der Waals surface area contributed by atoms with Crippen molar-refractivity contribution >= 4 is 34.7 Å². The molecule has 2 heterocycles. The number of aryl methyl sites for hydroxylation is 1. The monoisotopic (exact) mass is 395 g/mol. The molecule has 1 aromatic carbocycles. The number of hydrogen-bond donors (Lipinski definition) is 2. The van der Waals surface area contributed by atoms with Crippen molar-refractivity contribution in [3.05, 3.63) is 33.7 Å². The van der Waals surface area contributed by atoms with Crippen molar-refractivity contribution in [2.24, 2.45) is 11.7 Å².